The lowest BCUT2D eigenvalue weighted by Crippen LogP contribution is -2.38. The number of allylic oxidation sites excluding steroid dienone is 3. The molecule has 0 saturated carbocycles. The maximum absolute atomic E-state index is 12.3. The summed E-state index contributed by atoms with van der Waals surface area (Å²) in [5, 5.41) is 0. The average Bonchev–Trinajstić information content (AvgIpc) is 2.10. The first-order valence-corrected chi connectivity index (χ1v) is 3.01. The molecule has 0 saturated heterocycles. The Kier molecular flexibility index (Phi) is 2.13. The first kappa shape index (κ1) is 11.0. The van der Waals surface area contributed by atoms with Gasteiger partial charge in [0, 0.05) is 0 Å². The molecule has 0 aliphatic heterocycles. The van der Waals surface area contributed by atoms with E-state index in [1.54, 1.807) is 0 Å². The number of rotatable bonds is 0. The van der Waals surface area contributed by atoms with Crippen molar-refractivity contribution in [3.8, 4) is 0 Å². The van der Waals surface area contributed by atoms with Crippen LogP contribution in [0.15, 0.2) is 23.3 Å². The summed E-state index contributed by atoms with van der Waals surface area (Å²) < 4.78 is 96.6. The van der Waals surface area contributed by atoms with Crippen LogP contribution in [0.3, 0.4) is 0 Å². The van der Waals surface area contributed by atoms with E-state index in [2.05, 4.69) is 0 Å². The van der Waals surface area contributed by atoms with Gasteiger partial charge in [-0.15, -0.1) is 0 Å². The van der Waals surface area contributed by atoms with Gasteiger partial charge in [0.05, 0.1) is 0 Å². The fraction of sp³-hybridized carbons (Fsp3) is 0.333. The van der Waals surface area contributed by atoms with E-state index in [0.717, 1.165) is 0 Å². The Balaban J connectivity index is 3.49. The number of halogens is 8. The van der Waals surface area contributed by atoms with Gasteiger partial charge in [-0.05, 0) is 0 Å². The zero-order valence-corrected chi connectivity index (χ0v) is 6.02. The molecule has 0 aromatic heterocycles. The van der Waals surface area contributed by atoms with Gasteiger partial charge in [-0.25, -0.2) is 8.78 Å². The second kappa shape index (κ2) is 2.71. The minimum atomic E-state index is -5.56. The Morgan fingerprint density at radius 2 is 1.29 bits per heavy atom. The molecule has 0 fully saturated rings. The predicted octanol–water partition coefficient (Wildman–Crippen LogP) is 3.57. The molecular formula is C6F8. The van der Waals surface area contributed by atoms with Crippen LogP contribution in [0.25, 0.3) is 0 Å². The maximum Gasteiger partial charge on any atom is 0.368 e. The van der Waals surface area contributed by atoms with Gasteiger partial charge in [-0.3, -0.25) is 0 Å². The highest BCUT2D eigenvalue weighted by molar-refractivity contribution is 5.47. The van der Waals surface area contributed by atoms with Crippen molar-refractivity contribution in [1.29, 1.82) is 0 Å². The summed E-state index contributed by atoms with van der Waals surface area (Å²) in [5.74, 6) is -17.2. The van der Waals surface area contributed by atoms with Gasteiger partial charge in [0.2, 0.25) is 5.83 Å². The molecule has 8 heteroatoms. The van der Waals surface area contributed by atoms with E-state index in [-0.39, 0.29) is 0 Å². The Morgan fingerprint density at radius 3 is 1.43 bits per heavy atom. The smallest absolute Gasteiger partial charge is 0.203 e. The van der Waals surface area contributed by atoms with Crippen molar-refractivity contribution < 1.29 is 35.1 Å². The van der Waals surface area contributed by atoms with Gasteiger partial charge in [0.15, 0.2) is 5.83 Å². The van der Waals surface area contributed by atoms with E-state index in [1.165, 1.54) is 0 Å². The summed E-state index contributed by atoms with van der Waals surface area (Å²) in [4.78, 5) is 0. The molecule has 0 aromatic carbocycles. The maximum atomic E-state index is 12.3. The van der Waals surface area contributed by atoms with Crippen LogP contribution in [0, 0.1) is 0 Å². The molecule has 1 aliphatic rings. The summed E-state index contributed by atoms with van der Waals surface area (Å²) in [7, 11) is 0. The molecule has 0 amide bonds. The summed E-state index contributed by atoms with van der Waals surface area (Å²) >= 11 is 0. The normalized spacial score (nSPS) is 24.4. The first-order chi connectivity index (χ1) is 6.14. The zero-order chi connectivity index (χ0) is 11.3. The average molecular weight is 224 g/mol. The van der Waals surface area contributed by atoms with E-state index in [4.69, 9.17) is 0 Å². The van der Waals surface area contributed by atoms with Crippen LogP contribution in [0.5, 0.6) is 0 Å². The summed E-state index contributed by atoms with van der Waals surface area (Å²) in [5.41, 5.74) is -2.89. The van der Waals surface area contributed by atoms with Crippen molar-refractivity contribution in [2.75, 3.05) is 0 Å². The van der Waals surface area contributed by atoms with E-state index in [1.807, 2.05) is 0 Å². The molecule has 1 rings (SSSR count). The molecular weight excluding hydrogens is 224 g/mol. The molecule has 0 spiro atoms. The Bertz CT molecular complexity index is 332. The Hall–Kier alpha value is -1.08. The number of hydrogen-bond acceptors (Lipinski definition) is 0. The summed E-state index contributed by atoms with van der Waals surface area (Å²) in [6.07, 6.45) is -3.38. The summed E-state index contributed by atoms with van der Waals surface area (Å²) in [6.45, 7) is 0. The standard InChI is InChI=1S/C6F8/c7-2-1(4(9)10)5(11,12)6(13,14)3(2)8. The van der Waals surface area contributed by atoms with E-state index >= 15 is 0 Å². The van der Waals surface area contributed by atoms with Crippen LogP contribution in [0.1, 0.15) is 0 Å². The molecule has 0 bridgehead atoms. The van der Waals surface area contributed by atoms with Gasteiger partial charge < -0.3 is 0 Å². The van der Waals surface area contributed by atoms with Gasteiger partial charge in [-0.1, -0.05) is 0 Å². The molecule has 80 valence electrons. The van der Waals surface area contributed by atoms with Crippen molar-refractivity contribution in [3.05, 3.63) is 23.3 Å². The van der Waals surface area contributed by atoms with Gasteiger partial charge >= 0.3 is 11.8 Å². The highest BCUT2D eigenvalue weighted by atomic mass is 19.3. The largest absolute Gasteiger partial charge is 0.368 e. The third-order valence-corrected chi connectivity index (χ3v) is 1.59. The molecule has 0 aromatic rings. The van der Waals surface area contributed by atoms with E-state index < -0.39 is 35.2 Å². The molecule has 0 radical (unpaired) electrons. The van der Waals surface area contributed by atoms with Crippen LogP contribution in [0.2, 0.25) is 0 Å². The van der Waals surface area contributed by atoms with Gasteiger partial charge in [0.1, 0.15) is 5.57 Å². The molecule has 0 atom stereocenters. The van der Waals surface area contributed by atoms with Crippen LogP contribution in [-0.2, 0) is 0 Å². The van der Waals surface area contributed by atoms with Crippen molar-refractivity contribution in [2.24, 2.45) is 0 Å². The van der Waals surface area contributed by atoms with Crippen LogP contribution in [0.4, 0.5) is 35.1 Å². The predicted molar refractivity (Wildman–Crippen MR) is 28.4 cm³/mol. The molecule has 0 unspecified atom stereocenters. The Morgan fingerprint density at radius 1 is 0.857 bits per heavy atom. The third kappa shape index (κ3) is 1.05. The van der Waals surface area contributed by atoms with Gasteiger partial charge in [-0.2, -0.15) is 26.3 Å². The highest BCUT2D eigenvalue weighted by Gasteiger charge is 2.71. The van der Waals surface area contributed by atoms with Crippen molar-refractivity contribution in [1.82, 2.24) is 0 Å². The van der Waals surface area contributed by atoms with Crippen LogP contribution >= 0.6 is 0 Å². The fourth-order valence-corrected chi connectivity index (χ4v) is 0.882. The lowest BCUT2D eigenvalue weighted by atomic mass is 10.1. The second-order valence-corrected chi connectivity index (χ2v) is 2.41. The molecule has 1 aliphatic carbocycles. The molecule has 14 heavy (non-hydrogen) atoms. The minimum Gasteiger partial charge on any atom is -0.203 e. The van der Waals surface area contributed by atoms with Crippen molar-refractivity contribution in [2.45, 2.75) is 11.8 Å². The molecule has 0 N–H and O–H groups in total. The summed E-state index contributed by atoms with van der Waals surface area (Å²) in [6, 6.07) is 0. The molecule has 0 nitrogen and oxygen atoms in total. The quantitative estimate of drug-likeness (QED) is 0.551. The first-order valence-electron chi connectivity index (χ1n) is 3.01. The van der Waals surface area contributed by atoms with Crippen LogP contribution < -0.4 is 0 Å². The lowest BCUT2D eigenvalue weighted by molar-refractivity contribution is -0.161. The van der Waals surface area contributed by atoms with Crippen LogP contribution in [-0.4, -0.2) is 11.8 Å². The monoisotopic (exact) mass is 224 g/mol. The highest BCUT2D eigenvalue weighted by Crippen LogP contribution is 2.56. The van der Waals surface area contributed by atoms with Gasteiger partial charge in [0.25, 0.3) is 6.08 Å². The topological polar surface area (TPSA) is 0 Å². The fourth-order valence-electron chi connectivity index (χ4n) is 0.882. The minimum absolute atomic E-state index is 2.89. The van der Waals surface area contributed by atoms with E-state index in [9.17, 15) is 35.1 Å². The third-order valence-electron chi connectivity index (χ3n) is 1.59. The van der Waals surface area contributed by atoms with E-state index in [0.29, 0.717) is 0 Å². The lowest BCUT2D eigenvalue weighted by Gasteiger charge is -2.18. The van der Waals surface area contributed by atoms with Crippen molar-refractivity contribution >= 4 is 0 Å². The zero-order valence-electron chi connectivity index (χ0n) is 6.02. The number of alkyl halides is 4. The SMILES string of the molecule is FC(F)=C1C(F)=C(F)C(F)(F)C1(F)F. The second-order valence-electron chi connectivity index (χ2n) is 2.41. The molecule has 0 heterocycles. The van der Waals surface area contributed by atoms with Crippen molar-refractivity contribution in [3.63, 3.8) is 0 Å². The Labute approximate surface area is 71.5 Å². The number of hydrogen-bond donors (Lipinski definition) is 0.